The van der Waals surface area contributed by atoms with Gasteiger partial charge in [0, 0.05) is 0 Å². The van der Waals surface area contributed by atoms with Crippen molar-refractivity contribution in [1.82, 2.24) is 0 Å². The van der Waals surface area contributed by atoms with Gasteiger partial charge >= 0.3 is 0 Å². The van der Waals surface area contributed by atoms with E-state index < -0.39 is 0 Å². The van der Waals surface area contributed by atoms with Crippen molar-refractivity contribution >= 4 is 0 Å². The zero-order valence-electron chi connectivity index (χ0n) is 12.1. The second-order valence-electron chi connectivity index (χ2n) is 5.66. The smallest absolute Gasteiger partial charge is 0.122 e. The minimum absolute atomic E-state index is 0.569. The molecular formula is C18H21NO. The van der Waals surface area contributed by atoms with E-state index in [0.29, 0.717) is 11.8 Å². The predicted molar refractivity (Wildman–Crippen MR) is 83.1 cm³/mol. The molecule has 20 heavy (non-hydrogen) atoms. The van der Waals surface area contributed by atoms with Gasteiger partial charge in [-0.1, -0.05) is 35.9 Å². The average molecular weight is 267 g/mol. The minimum atomic E-state index is 0.569. The molecule has 0 saturated heterocycles. The van der Waals surface area contributed by atoms with Crippen LogP contribution in [0.1, 0.15) is 23.5 Å². The Hall–Kier alpha value is -1.80. The Morgan fingerprint density at radius 1 is 1.15 bits per heavy atom. The molecule has 2 heteroatoms. The molecule has 2 nitrogen and oxygen atoms in total. The van der Waals surface area contributed by atoms with Crippen LogP contribution in [0.15, 0.2) is 42.5 Å². The molecule has 0 aliphatic heterocycles. The molecular weight excluding hydrogens is 246 g/mol. The van der Waals surface area contributed by atoms with Crippen molar-refractivity contribution < 1.29 is 4.74 Å². The Balaban J connectivity index is 1.99. The lowest BCUT2D eigenvalue weighted by Gasteiger charge is -2.11. The molecule has 0 aromatic heterocycles. The number of benzene rings is 2. The van der Waals surface area contributed by atoms with Gasteiger partial charge in [-0.25, -0.2) is 0 Å². The van der Waals surface area contributed by atoms with Gasteiger partial charge < -0.3 is 10.5 Å². The molecule has 1 aliphatic rings. The zero-order chi connectivity index (χ0) is 14.1. The fraction of sp³-hybridized carbons (Fsp3) is 0.333. The number of aryl methyl sites for hydroxylation is 1. The summed E-state index contributed by atoms with van der Waals surface area (Å²) in [5.74, 6) is 2.18. The molecule has 104 valence electrons. The molecule has 0 radical (unpaired) electrons. The van der Waals surface area contributed by atoms with Gasteiger partial charge in [-0.05, 0) is 60.5 Å². The van der Waals surface area contributed by atoms with E-state index in [1.165, 1.54) is 28.7 Å². The van der Waals surface area contributed by atoms with Crippen LogP contribution in [0.3, 0.4) is 0 Å². The third-order valence-corrected chi connectivity index (χ3v) is 4.21. The summed E-state index contributed by atoms with van der Waals surface area (Å²) in [5, 5.41) is 0. The van der Waals surface area contributed by atoms with Crippen molar-refractivity contribution in [2.75, 3.05) is 13.7 Å². The van der Waals surface area contributed by atoms with Crippen LogP contribution in [0.4, 0.5) is 0 Å². The predicted octanol–water partition coefficient (Wildman–Crippen LogP) is 3.73. The van der Waals surface area contributed by atoms with E-state index in [2.05, 4.69) is 49.4 Å². The number of methoxy groups -OCH3 is 1. The lowest BCUT2D eigenvalue weighted by molar-refractivity contribution is 0.409. The average Bonchev–Trinajstić information content (AvgIpc) is 3.26. The molecule has 0 amide bonds. The summed E-state index contributed by atoms with van der Waals surface area (Å²) in [7, 11) is 1.74. The molecule has 0 bridgehead atoms. The van der Waals surface area contributed by atoms with Crippen LogP contribution in [0.2, 0.25) is 0 Å². The Morgan fingerprint density at radius 2 is 1.95 bits per heavy atom. The fourth-order valence-electron chi connectivity index (χ4n) is 2.92. The number of ether oxygens (including phenoxy) is 1. The quantitative estimate of drug-likeness (QED) is 0.916. The van der Waals surface area contributed by atoms with Gasteiger partial charge in [0.15, 0.2) is 0 Å². The number of hydrogen-bond acceptors (Lipinski definition) is 2. The molecule has 2 aromatic rings. The highest BCUT2D eigenvalue weighted by Gasteiger charge is 2.38. The molecule has 0 heterocycles. The summed E-state index contributed by atoms with van der Waals surface area (Å²) in [5.41, 5.74) is 10.9. The highest BCUT2D eigenvalue weighted by Crippen LogP contribution is 2.50. The number of hydrogen-bond donors (Lipinski definition) is 1. The topological polar surface area (TPSA) is 35.2 Å². The lowest BCUT2D eigenvalue weighted by Crippen LogP contribution is -2.02. The minimum Gasteiger partial charge on any atom is -0.496 e. The Morgan fingerprint density at radius 3 is 2.60 bits per heavy atom. The van der Waals surface area contributed by atoms with Gasteiger partial charge in [0.2, 0.25) is 0 Å². The van der Waals surface area contributed by atoms with Crippen LogP contribution < -0.4 is 10.5 Å². The molecule has 2 atom stereocenters. The highest BCUT2D eigenvalue weighted by molar-refractivity contribution is 5.67. The van der Waals surface area contributed by atoms with Crippen molar-refractivity contribution in [3.63, 3.8) is 0 Å². The summed E-state index contributed by atoms with van der Waals surface area (Å²) >= 11 is 0. The van der Waals surface area contributed by atoms with E-state index in [9.17, 15) is 0 Å². The van der Waals surface area contributed by atoms with Crippen molar-refractivity contribution in [2.45, 2.75) is 19.3 Å². The van der Waals surface area contributed by atoms with Gasteiger partial charge in [0.1, 0.15) is 5.75 Å². The number of nitrogens with two attached hydrogens (primary N) is 1. The van der Waals surface area contributed by atoms with Gasteiger partial charge in [-0.3, -0.25) is 0 Å². The first-order valence-electron chi connectivity index (χ1n) is 7.18. The molecule has 2 N–H and O–H groups in total. The normalized spacial score (nSPS) is 20.8. The second kappa shape index (κ2) is 5.29. The van der Waals surface area contributed by atoms with Crippen molar-refractivity contribution in [1.29, 1.82) is 0 Å². The van der Waals surface area contributed by atoms with E-state index in [1.54, 1.807) is 7.11 Å². The molecule has 0 unspecified atom stereocenters. The Labute approximate surface area is 120 Å². The van der Waals surface area contributed by atoms with Crippen LogP contribution >= 0.6 is 0 Å². The first kappa shape index (κ1) is 13.2. The van der Waals surface area contributed by atoms with Crippen molar-refractivity contribution in [3.05, 3.63) is 53.6 Å². The molecule has 1 aliphatic carbocycles. The third-order valence-electron chi connectivity index (χ3n) is 4.21. The maximum atomic E-state index is 5.78. The third kappa shape index (κ3) is 2.44. The first-order chi connectivity index (χ1) is 9.72. The van der Waals surface area contributed by atoms with E-state index in [-0.39, 0.29) is 0 Å². The van der Waals surface area contributed by atoms with Crippen LogP contribution in [-0.2, 0) is 0 Å². The van der Waals surface area contributed by atoms with E-state index in [4.69, 9.17) is 10.5 Å². The van der Waals surface area contributed by atoms with Crippen LogP contribution in [0, 0.1) is 12.8 Å². The second-order valence-corrected chi connectivity index (χ2v) is 5.66. The Kier molecular flexibility index (Phi) is 3.49. The molecule has 0 spiro atoms. The Bertz CT molecular complexity index is 621. The maximum Gasteiger partial charge on any atom is 0.122 e. The number of rotatable bonds is 4. The zero-order valence-corrected chi connectivity index (χ0v) is 12.1. The largest absolute Gasteiger partial charge is 0.496 e. The fourth-order valence-corrected chi connectivity index (χ4v) is 2.92. The van der Waals surface area contributed by atoms with Gasteiger partial charge in [-0.2, -0.15) is 0 Å². The lowest BCUT2D eigenvalue weighted by atomic mass is 9.98. The van der Waals surface area contributed by atoms with E-state index in [0.717, 1.165) is 12.3 Å². The van der Waals surface area contributed by atoms with Gasteiger partial charge in [-0.15, -0.1) is 0 Å². The van der Waals surface area contributed by atoms with Crippen molar-refractivity contribution in [2.24, 2.45) is 11.7 Å². The molecule has 1 fully saturated rings. The standard InChI is InChI=1S/C18H21NO/c1-12-4-3-5-13(8-12)14-6-7-18(20-2)17(9-14)16-10-15(16)11-19/h3-9,15-16H,10-11,19H2,1-2H3/t15-,16+/m1/s1. The van der Waals surface area contributed by atoms with Crippen LogP contribution in [0.5, 0.6) is 5.75 Å². The van der Waals surface area contributed by atoms with E-state index >= 15 is 0 Å². The molecule has 3 rings (SSSR count). The highest BCUT2D eigenvalue weighted by atomic mass is 16.5. The monoisotopic (exact) mass is 267 g/mol. The van der Waals surface area contributed by atoms with Gasteiger partial charge in [0.25, 0.3) is 0 Å². The summed E-state index contributed by atoms with van der Waals surface area (Å²) in [6, 6.07) is 15.1. The summed E-state index contributed by atoms with van der Waals surface area (Å²) in [4.78, 5) is 0. The van der Waals surface area contributed by atoms with Crippen molar-refractivity contribution in [3.8, 4) is 16.9 Å². The maximum absolute atomic E-state index is 5.78. The van der Waals surface area contributed by atoms with Gasteiger partial charge in [0.05, 0.1) is 7.11 Å². The first-order valence-corrected chi connectivity index (χ1v) is 7.18. The summed E-state index contributed by atoms with van der Waals surface area (Å²) in [6.07, 6.45) is 1.18. The SMILES string of the molecule is COc1ccc(-c2cccc(C)c2)cc1[C@H]1C[C@@H]1CN. The summed E-state index contributed by atoms with van der Waals surface area (Å²) < 4.78 is 5.51. The van der Waals surface area contributed by atoms with E-state index in [1.807, 2.05) is 0 Å². The van der Waals surface area contributed by atoms with Crippen LogP contribution in [-0.4, -0.2) is 13.7 Å². The van der Waals surface area contributed by atoms with Crippen LogP contribution in [0.25, 0.3) is 11.1 Å². The molecule has 2 aromatic carbocycles. The summed E-state index contributed by atoms with van der Waals surface area (Å²) in [6.45, 7) is 2.89. The molecule has 1 saturated carbocycles.